The SMILES string of the molecule is CN(C(=O)Cc1ccc(Cl)c(Cl)c1)[C@H]1CC2(CC[C@@H]1N1CC=CC1)OCCO2. The van der Waals surface area contributed by atoms with Crippen LogP contribution >= 0.6 is 23.2 Å². The van der Waals surface area contributed by atoms with Crippen molar-refractivity contribution in [1.29, 1.82) is 0 Å². The number of ether oxygens (including phenoxy) is 2. The molecule has 152 valence electrons. The first-order chi connectivity index (χ1) is 13.5. The van der Waals surface area contributed by atoms with Crippen molar-refractivity contribution >= 4 is 29.1 Å². The summed E-state index contributed by atoms with van der Waals surface area (Å²) in [5, 5.41) is 0.970. The summed E-state index contributed by atoms with van der Waals surface area (Å²) in [6.07, 6.45) is 7.22. The van der Waals surface area contributed by atoms with E-state index >= 15 is 0 Å². The molecule has 2 fully saturated rings. The first-order valence-corrected chi connectivity index (χ1v) is 10.6. The summed E-state index contributed by atoms with van der Waals surface area (Å²) in [4.78, 5) is 17.4. The zero-order valence-corrected chi connectivity index (χ0v) is 17.6. The Balaban J connectivity index is 1.50. The van der Waals surface area contributed by atoms with Crippen LogP contribution < -0.4 is 0 Å². The van der Waals surface area contributed by atoms with Crippen LogP contribution in [0.25, 0.3) is 0 Å². The fourth-order valence-corrected chi connectivity index (χ4v) is 4.92. The molecular weight excluding hydrogens is 399 g/mol. The van der Waals surface area contributed by atoms with Gasteiger partial charge in [0.15, 0.2) is 5.79 Å². The minimum Gasteiger partial charge on any atom is -0.347 e. The standard InChI is InChI=1S/C21H26Cl2N2O3/c1-24(20(26)13-15-4-5-16(22)17(23)12-15)19-14-21(27-10-11-28-21)7-6-18(19)25-8-2-3-9-25/h2-5,12,18-19H,6-11,13-14H2,1H3/t18-,19-/m0/s1. The lowest BCUT2D eigenvalue weighted by Crippen LogP contribution is -2.58. The van der Waals surface area contributed by atoms with Crippen molar-refractivity contribution in [3.63, 3.8) is 0 Å². The summed E-state index contributed by atoms with van der Waals surface area (Å²) in [6.45, 7) is 3.13. The molecule has 1 saturated carbocycles. The summed E-state index contributed by atoms with van der Waals surface area (Å²) in [5.74, 6) is -0.470. The fourth-order valence-electron chi connectivity index (χ4n) is 4.60. The van der Waals surface area contributed by atoms with Crippen molar-refractivity contribution in [3.8, 4) is 0 Å². The predicted octanol–water partition coefficient (Wildman–Crippen LogP) is 3.53. The number of likely N-dealkylation sites (N-methyl/N-ethyl adjacent to an activating group) is 1. The molecule has 0 radical (unpaired) electrons. The van der Waals surface area contributed by atoms with Gasteiger partial charge in [-0.1, -0.05) is 41.4 Å². The maximum Gasteiger partial charge on any atom is 0.227 e. The van der Waals surface area contributed by atoms with Crippen LogP contribution in [0.15, 0.2) is 30.4 Å². The van der Waals surface area contributed by atoms with Gasteiger partial charge in [0.2, 0.25) is 5.91 Å². The van der Waals surface area contributed by atoms with Crippen LogP contribution in [0.3, 0.4) is 0 Å². The van der Waals surface area contributed by atoms with Gasteiger partial charge in [0.05, 0.1) is 35.7 Å². The van der Waals surface area contributed by atoms with Crippen molar-refractivity contribution in [2.24, 2.45) is 0 Å². The molecule has 2 heterocycles. The van der Waals surface area contributed by atoms with Crippen molar-refractivity contribution in [2.45, 2.75) is 43.6 Å². The van der Waals surface area contributed by atoms with Crippen LogP contribution in [0.2, 0.25) is 10.0 Å². The molecule has 2 atom stereocenters. The Morgan fingerprint density at radius 2 is 1.93 bits per heavy atom. The highest BCUT2D eigenvalue weighted by Crippen LogP contribution is 2.40. The Hall–Kier alpha value is -1.11. The van der Waals surface area contributed by atoms with Crippen molar-refractivity contribution in [1.82, 2.24) is 9.80 Å². The highest BCUT2D eigenvalue weighted by Gasteiger charge is 2.48. The van der Waals surface area contributed by atoms with Gasteiger partial charge in [-0.05, 0) is 24.1 Å². The molecule has 1 spiro atoms. The van der Waals surface area contributed by atoms with Gasteiger partial charge >= 0.3 is 0 Å². The van der Waals surface area contributed by atoms with Crippen molar-refractivity contribution in [2.75, 3.05) is 33.4 Å². The van der Waals surface area contributed by atoms with E-state index in [0.717, 1.165) is 31.5 Å². The molecule has 0 unspecified atom stereocenters. The molecule has 1 aliphatic carbocycles. The Labute approximate surface area is 176 Å². The maximum atomic E-state index is 13.1. The average Bonchev–Trinajstić information content (AvgIpc) is 3.37. The third kappa shape index (κ3) is 4.10. The minimum absolute atomic E-state index is 0.0435. The quantitative estimate of drug-likeness (QED) is 0.693. The van der Waals surface area contributed by atoms with Gasteiger partial charge in [0.1, 0.15) is 0 Å². The molecule has 7 heteroatoms. The zero-order valence-electron chi connectivity index (χ0n) is 16.1. The van der Waals surface area contributed by atoms with Crippen LogP contribution in [0.1, 0.15) is 24.8 Å². The molecule has 0 N–H and O–H groups in total. The topological polar surface area (TPSA) is 42.0 Å². The van der Waals surface area contributed by atoms with Gasteiger partial charge in [0.25, 0.3) is 0 Å². The van der Waals surface area contributed by atoms with E-state index in [-0.39, 0.29) is 11.9 Å². The van der Waals surface area contributed by atoms with E-state index in [9.17, 15) is 4.79 Å². The number of hydrogen-bond acceptors (Lipinski definition) is 4. The van der Waals surface area contributed by atoms with Crippen LogP contribution in [-0.2, 0) is 20.7 Å². The number of hydrogen-bond donors (Lipinski definition) is 0. The highest BCUT2D eigenvalue weighted by molar-refractivity contribution is 6.42. The van der Waals surface area contributed by atoms with Gasteiger partial charge in [-0.15, -0.1) is 0 Å². The summed E-state index contributed by atoms with van der Waals surface area (Å²) in [6, 6.07) is 5.70. The van der Waals surface area contributed by atoms with Crippen LogP contribution in [0.4, 0.5) is 0 Å². The van der Waals surface area contributed by atoms with E-state index in [1.54, 1.807) is 12.1 Å². The zero-order chi connectivity index (χ0) is 19.7. The second-order valence-corrected chi connectivity index (χ2v) is 8.65. The molecule has 3 aliphatic rings. The molecular formula is C21H26Cl2N2O3. The first kappa shape index (κ1) is 20.2. The third-order valence-electron chi connectivity index (χ3n) is 6.14. The molecule has 4 rings (SSSR count). The molecule has 1 amide bonds. The number of amides is 1. The predicted molar refractivity (Wildman–Crippen MR) is 110 cm³/mol. The number of benzene rings is 1. The Bertz CT molecular complexity index is 756. The number of nitrogens with zero attached hydrogens (tertiary/aromatic N) is 2. The van der Waals surface area contributed by atoms with Crippen molar-refractivity contribution < 1.29 is 14.3 Å². The summed E-state index contributed by atoms with van der Waals surface area (Å²) < 4.78 is 11.9. The molecule has 0 aromatic heterocycles. The average molecular weight is 425 g/mol. The van der Waals surface area contributed by atoms with Gasteiger partial charge in [-0.25, -0.2) is 0 Å². The van der Waals surface area contributed by atoms with E-state index in [1.807, 2.05) is 18.0 Å². The van der Waals surface area contributed by atoms with E-state index in [1.165, 1.54) is 0 Å². The van der Waals surface area contributed by atoms with E-state index in [2.05, 4.69) is 17.1 Å². The van der Waals surface area contributed by atoms with Gasteiger partial charge in [-0.2, -0.15) is 0 Å². The van der Waals surface area contributed by atoms with Gasteiger partial charge in [0, 0.05) is 39.0 Å². The van der Waals surface area contributed by atoms with Gasteiger partial charge < -0.3 is 14.4 Å². The summed E-state index contributed by atoms with van der Waals surface area (Å²) in [7, 11) is 1.90. The summed E-state index contributed by atoms with van der Waals surface area (Å²) in [5.41, 5.74) is 0.865. The molecule has 5 nitrogen and oxygen atoms in total. The molecule has 2 aliphatic heterocycles. The van der Waals surface area contributed by atoms with Crippen molar-refractivity contribution in [3.05, 3.63) is 46.0 Å². The Morgan fingerprint density at radius 1 is 1.21 bits per heavy atom. The largest absolute Gasteiger partial charge is 0.347 e. The lowest BCUT2D eigenvalue weighted by molar-refractivity contribution is -0.198. The second kappa shape index (κ2) is 8.33. The molecule has 1 saturated heterocycles. The lowest BCUT2D eigenvalue weighted by Gasteiger charge is -2.47. The second-order valence-electron chi connectivity index (χ2n) is 7.84. The number of rotatable bonds is 4. The molecule has 1 aromatic rings. The van der Waals surface area contributed by atoms with E-state index in [0.29, 0.717) is 42.1 Å². The molecule has 28 heavy (non-hydrogen) atoms. The fraction of sp³-hybridized carbons (Fsp3) is 0.571. The first-order valence-electron chi connectivity index (χ1n) is 9.84. The third-order valence-corrected chi connectivity index (χ3v) is 6.88. The summed E-state index contributed by atoms with van der Waals surface area (Å²) >= 11 is 12.1. The molecule has 0 bridgehead atoms. The Kier molecular flexibility index (Phi) is 6.00. The number of carbonyl (C=O) groups excluding carboxylic acids is 1. The highest BCUT2D eigenvalue weighted by atomic mass is 35.5. The van der Waals surface area contributed by atoms with Crippen LogP contribution in [-0.4, -0.2) is 66.9 Å². The maximum absolute atomic E-state index is 13.1. The monoisotopic (exact) mass is 424 g/mol. The van der Waals surface area contributed by atoms with Gasteiger partial charge in [-0.3, -0.25) is 9.69 Å². The minimum atomic E-state index is -0.535. The van der Waals surface area contributed by atoms with Crippen LogP contribution in [0, 0.1) is 0 Å². The Morgan fingerprint density at radius 3 is 2.61 bits per heavy atom. The number of carbonyl (C=O) groups is 1. The normalized spacial score (nSPS) is 26.8. The lowest BCUT2D eigenvalue weighted by atomic mass is 9.83. The number of halogens is 2. The van der Waals surface area contributed by atoms with Crippen LogP contribution in [0.5, 0.6) is 0 Å². The van der Waals surface area contributed by atoms with E-state index < -0.39 is 5.79 Å². The van der Waals surface area contributed by atoms with E-state index in [4.69, 9.17) is 32.7 Å². The molecule has 1 aromatic carbocycles. The smallest absolute Gasteiger partial charge is 0.227 e.